The van der Waals surface area contributed by atoms with Crippen molar-refractivity contribution in [2.45, 2.75) is 34.2 Å². The van der Waals surface area contributed by atoms with E-state index in [1.165, 1.54) is 15.7 Å². The first-order valence-corrected chi connectivity index (χ1v) is 11.0. The van der Waals surface area contributed by atoms with E-state index in [1.807, 2.05) is 4.57 Å². The summed E-state index contributed by atoms with van der Waals surface area (Å²) in [5, 5.41) is 0. The first-order valence-electron chi connectivity index (χ1n) is 11.0. The molecule has 1 aromatic carbocycles. The van der Waals surface area contributed by atoms with Gasteiger partial charge < -0.3 is 4.90 Å². The number of nitrogens with zero attached hydrogens (tertiary/aromatic N) is 5. The van der Waals surface area contributed by atoms with Crippen LogP contribution in [0.1, 0.15) is 30.5 Å². The lowest BCUT2D eigenvalue weighted by molar-refractivity contribution is 0.230. The number of aromatic amines is 1. The van der Waals surface area contributed by atoms with Gasteiger partial charge in [0.1, 0.15) is 0 Å². The molecule has 0 radical (unpaired) electrons. The Hall–Kier alpha value is -2.87. The van der Waals surface area contributed by atoms with Gasteiger partial charge in [-0.2, -0.15) is 4.98 Å². The van der Waals surface area contributed by atoms with E-state index in [2.05, 4.69) is 60.7 Å². The molecule has 1 saturated heterocycles. The van der Waals surface area contributed by atoms with E-state index in [-0.39, 0.29) is 5.56 Å². The lowest BCUT2D eigenvalue weighted by Gasteiger charge is -2.36. The highest BCUT2D eigenvalue weighted by molar-refractivity contribution is 5.74. The molecule has 8 heteroatoms. The second-order valence-electron chi connectivity index (χ2n) is 9.10. The van der Waals surface area contributed by atoms with Gasteiger partial charge in [0.05, 0.1) is 6.54 Å². The maximum absolute atomic E-state index is 12.8. The number of H-pyrrole nitrogens is 1. The molecular formula is C23H32N6O2. The van der Waals surface area contributed by atoms with E-state index < -0.39 is 5.69 Å². The Bertz CT molecular complexity index is 1210. The van der Waals surface area contributed by atoms with Gasteiger partial charge in [0.2, 0.25) is 5.95 Å². The molecule has 8 nitrogen and oxygen atoms in total. The van der Waals surface area contributed by atoms with Crippen LogP contribution in [0.4, 0.5) is 5.95 Å². The highest BCUT2D eigenvalue weighted by atomic mass is 16.2. The standard InChI is InChI=1S/C23H32N6O2/c1-15(2)13-27-8-10-28(11-9-27)22-24-20-19(21(30)25-23(31)26(20)5)29(22)14-18-12-16(3)6-7-17(18)4/h6-7,12,15H,8-11,13-14H2,1-5H3,(H,25,30,31). The maximum Gasteiger partial charge on any atom is 0.329 e. The van der Waals surface area contributed by atoms with Crippen LogP contribution in [-0.4, -0.2) is 56.7 Å². The number of aromatic nitrogens is 4. The highest BCUT2D eigenvalue weighted by Gasteiger charge is 2.25. The summed E-state index contributed by atoms with van der Waals surface area (Å²) in [6.07, 6.45) is 0. The molecule has 31 heavy (non-hydrogen) atoms. The number of piperazine rings is 1. The summed E-state index contributed by atoms with van der Waals surface area (Å²) in [6.45, 7) is 13.8. The normalized spacial score (nSPS) is 15.4. The number of hydrogen-bond donors (Lipinski definition) is 1. The molecule has 1 N–H and O–H groups in total. The van der Waals surface area contributed by atoms with Gasteiger partial charge in [-0.1, -0.05) is 37.6 Å². The van der Waals surface area contributed by atoms with E-state index in [9.17, 15) is 9.59 Å². The van der Waals surface area contributed by atoms with Crippen molar-refractivity contribution in [3.8, 4) is 0 Å². The molecule has 4 rings (SSSR count). The third-order valence-corrected chi connectivity index (χ3v) is 6.10. The highest BCUT2D eigenvalue weighted by Crippen LogP contribution is 2.24. The molecular weight excluding hydrogens is 392 g/mol. The third kappa shape index (κ3) is 4.17. The summed E-state index contributed by atoms with van der Waals surface area (Å²) in [7, 11) is 1.65. The molecule has 2 aromatic heterocycles. The van der Waals surface area contributed by atoms with Crippen LogP contribution in [0.2, 0.25) is 0 Å². The van der Waals surface area contributed by atoms with Crippen molar-refractivity contribution in [2.24, 2.45) is 13.0 Å². The Labute approximate surface area is 182 Å². The minimum atomic E-state index is -0.442. The lowest BCUT2D eigenvalue weighted by Crippen LogP contribution is -2.48. The monoisotopic (exact) mass is 424 g/mol. The van der Waals surface area contributed by atoms with Crippen molar-refractivity contribution in [3.05, 3.63) is 55.7 Å². The summed E-state index contributed by atoms with van der Waals surface area (Å²) in [6, 6.07) is 6.35. The van der Waals surface area contributed by atoms with Gasteiger partial charge in [-0.05, 0) is 30.9 Å². The molecule has 0 atom stereocenters. The lowest BCUT2D eigenvalue weighted by atomic mass is 10.1. The minimum absolute atomic E-state index is 0.388. The second kappa shape index (κ2) is 8.34. The van der Waals surface area contributed by atoms with Gasteiger partial charge in [-0.25, -0.2) is 4.79 Å². The Morgan fingerprint density at radius 1 is 1.10 bits per heavy atom. The van der Waals surface area contributed by atoms with Crippen LogP contribution in [-0.2, 0) is 13.6 Å². The second-order valence-corrected chi connectivity index (χ2v) is 9.10. The Morgan fingerprint density at radius 3 is 2.48 bits per heavy atom. The average Bonchev–Trinajstić information content (AvgIpc) is 3.09. The summed E-state index contributed by atoms with van der Waals surface area (Å²) in [5.41, 5.74) is 3.54. The Kier molecular flexibility index (Phi) is 5.75. The van der Waals surface area contributed by atoms with Crippen LogP contribution in [0.5, 0.6) is 0 Å². The summed E-state index contributed by atoms with van der Waals surface area (Å²) in [4.78, 5) is 37.0. The van der Waals surface area contributed by atoms with Crippen LogP contribution < -0.4 is 16.1 Å². The minimum Gasteiger partial charge on any atom is -0.340 e. The van der Waals surface area contributed by atoms with Gasteiger partial charge in [0, 0.05) is 39.8 Å². The number of fused-ring (bicyclic) bond motifs is 1. The van der Waals surface area contributed by atoms with Crippen molar-refractivity contribution in [1.29, 1.82) is 0 Å². The molecule has 0 spiro atoms. The number of aryl methyl sites for hydroxylation is 3. The largest absolute Gasteiger partial charge is 0.340 e. The van der Waals surface area contributed by atoms with Crippen LogP contribution in [0.3, 0.4) is 0 Å². The fourth-order valence-corrected chi connectivity index (χ4v) is 4.40. The van der Waals surface area contributed by atoms with Gasteiger partial charge >= 0.3 is 5.69 Å². The fourth-order valence-electron chi connectivity index (χ4n) is 4.40. The van der Waals surface area contributed by atoms with E-state index in [0.29, 0.717) is 23.6 Å². The van der Waals surface area contributed by atoms with E-state index in [1.54, 1.807) is 7.05 Å². The van der Waals surface area contributed by atoms with Crippen molar-refractivity contribution >= 4 is 17.1 Å². The molecule has 1 fully saturated rings. The van der Waals surface area contributed by atoms with E-state index in [4.69, 9.17) is 4.98 Å². The average molecular weight is 425 g/mol. The molecule has 1 aliphatic heterocycles. The number of benzene rings is 1. The molecule has 0 amide bonds. The number of rotatable bonds is 5. The van der Waals surface area contributed by atoms with E-state index >= 15 is 0 Å². The third-order valence-electron chi connectivity index (χ3n) is 6.10. The van der Waals surface area contributed by atoms with Crippen molar-refractivity contribution < 1.29 is 0 Å². The zero-order valence-electron chi connectivity index (χ0n) is 19.1. The zero-order chi connectivity index (χ0) is 22.3. The van der Waals surface area contributed by atoms with Gasteiger partial charge in [-0.3, -0.25) is 23.8 Å². The smallest absolute Gasteiger partial charge is 0.329 e. The Balaban J connectivity index is 1.79. The summed E-state index contributed by atoms with van der Waals surface area (Å²) >= 11 is 0. The molecule has 3 heterocycles. The van der Waals surface area contributed by atoms with Gasteiger partial charge in [0.15, 0.2) is 11.2 Å². The maximum atomic E-state index is 12.8. The van der Waals surface area contributed by atoms with Crippen molar-refractivity contribution in [1.82, 2.24) is 24.0 Å². The predicted molar refractivity (Wildman–Crippen MR) is 124 cm³/mol. The number of anilines is 1. The van der Waals surface area contributed by atoms with Gasteiger partial charge in [0.25, 0.3) is 5.56 Å². The van der Waals surface area contributed by atoms with Crippen LogP contribution >= 0.6 is 0 Å². The van der Waals surface area contributed by atoms with Crippen LogP contribution in [0.15, 0.2) is 27.8 Å². The topological polar surface area (TPSA) is 79.2 Å². The first-order chi connectivity index (χ1) is 14.7. The molecule has 3 aromatic rings. The molecule has 0 unspecified atom stereocenters. The predicted octanol–water partition coefficient (Wildman–Crippen LogP) is 1.87. The molecule has 0 aliphatic carbocycles. The number of nitrogens with one attached hydrogen (secondary N) is 1. The van der Waals surface area contributed by atoms with E-state index in [0.717, 1.165) is 44.2 Å². The molecule has 166 valence electrons. The molecule has 0 saturated carbocycles. The van der Waals surface area contributed by atoms with Crippen molar-refractivity contribution in [2.75, 3.05) is 37.6 Å². The quantitative estimate of drug-likeness (QED) is 0.676. The number of imidazole rings is 1. The fraction of sp³-hybridized carbons (Fsp3) is 0.522. The first kappa shape index (κ1) is 21.4. The molecule has 0 bridgehead atoms. The van der Waals surface area contributed by atoms with Crippen molar-refractivity contribution in [3.63, 3.8) is 0 Å². The Morgan fingerprint density at radius 2 is 1.81 bits per heavy atom. The zero-order valence-corrected chi connectivity index (χ0v) is 19.1. The molecule has 1 aliphatic rings. The number of hydrogen-bond acceptors (Lipinski definition) is 5. The summed E-state index contributed by atoms with van der Waals surface area (Å²) < 4.78 is 3.41. The SMILES string of the molecule is Cc1ccc(C)c(Cn2c(N3CCN(CC(C)C)CC3)nc3c2c(=O)[nH]c(=O)n3C)c1. The summed E-state index contributed by atoms with van der Waals surface area (Å²) in [5.74, 6) is 1.39. The van der Waals surface area contributed by atoms with Gasteiger partial charge in [-0.15, -0.1) is 0 Å². The van der Waals surface area contributed by atoms with Crippen LogP contribution in [0, 0.1) is 19.8 Å². The van der Waals surface area contributed by atoms with Crippen LogP contribution in [0.25, 0.3) is 11.2 Å².